The van der Waals surface area contributed by atoms with Crippen LogP contribution in [0, 0.1) is 5.92 Å². The second kappa shape index (κ2) is 13.4. The van der Waals surface area contributed by atoms with Crippen molar-refractivity contribution in [2.24, 2.45) is 5.92 Å². The summed E-state index contributed by atoms with van der Waals surface area (Å²) in [6, 6.07) is 20.8. The average molecular weight is 543 g/mol. The molecule has 3 heterocycles. The molecule has 8 nitrogen and oxygen atoms in total. The number of carbonyl (C=O) groups excluding carboxylic acids is 1. The van der Waals surface area contributed by atoms with E-state index >= 15 is 0 Å². The van der Waals surface area contributed by atoms with E-state index in [1.54, 1.807) is 24.3 Å². The maximum atomic E-state index is 13.1. The molecule has 1 fully saturated rings. The molecule has 210 valence electrons. The smallest absolute Gasteiger partial charge is 0.312 e. The van der Waals surface area contributed by atoms with Crippen LogP contribution in [0.3, 0.4) is 0 Å². The standard InChI is InChI=1S/C32H38N4O4/c37-31(34-21-29(32(38)39)24-8-4-14-28(20-24)40-27-12-2-1-3-13-27)25-10-6-18-36(22-25)19-7-11-26-16-15-23-9-5-17-33-30(23)35-26/h1-4,8,12-16,20,25,29H,5-7,9-11,17-19,21-22H2,(H,33,35)(H,34,37)(H,38,39)/t25-,29+/m1/s1. The number of carbonyl (C=O) groups is 2. The number of aromatic nitrogens is 1. The number of amides is 1. The van der Waals surface area contributed by atoms with Crippen molar-refractivity contribution in [2.45, 2.75) is 44.4 Å². The molecule has 3 N–H and O–H groups in total. The number of hydrogen-bond acceptors (Lipinski definition) is 6. The summed E-state index contributed by atoms with van der Waals surface area (Å²) in [5.74, 6) is 0.226. The number of rotatable bonds is 11. The zero-order chi connectivity index (χ0) is 27.7. The molecule has 0 unspecified atom stereocenters. The van der Waals surface area contributed by atoms with E-state index in [2.05, 4.69) is 27.7 Å². The van der Waals surface area contributed by atoms with Crippen LogP contribution in [0.1, 0.15) is 48.4 Å². The number of aliphatic carboxylic acids is 1. The molecule has 3 aromatic rings. The molecular formula is C32H38N4O4. The van der Waals surface area contributed by atoms with Crippen LogP contribution in [0.15, 0.2) is 66.7 Å². The van der Waals surface area contributed by atoms with E-state index in [-0.39, 0.29) is 18.4 Å². The predicted octanol–water partition coefficient (Wildman–Crippen LogP) is 4.86. The number of aryl methyl sites for hydroxylation is 2. The maximum absolute atomic E-state index is 13.1. The normalized spacial score (nSPS) is 17.8. The van der Waals surface area contributed by atoms with Crippen molar-refractivity contribution >= 4 is 17.7 Å². The molecule has 2 atom stereocenters. The summed E-state index contributed by atoms with van der Waals surface area (Å²) >= 11 is 0. The lowest BCUT2D eigenvalue weighted by molar-refractivity contribution is -0.138. The first-order valence-electron chi connectivity index (χ1n) is 14.3. The van der Waals surface area contributed by atoms with E-state index in [0.717, 1.165) is 69.7 Å². The molecule has 0 aliphatic carbocycles. The quantitative estimate of drug-likeness (QED) is 0.318. The minimum Gasteiger partial charge on any atom is -0.481 e. The van der Waals surface area contributed by atoms with Crippen LogP contribution in [-0.4, -0.2) is 59.6 Å². The lowest BCUT2D eigenvalue weighted by atomic mass is 9.95. The molecule has 0 bridgehead atoms. The van der Waals surface area contributed by atoms with Crippen molar-refractivity contribution in [1.82, 2.24) is 15.2 Å². The highest BCUT2D eigenvalue weighted by atomic mass is 16.5. The Balaban J connectivity index is 1.11. The second-order valence-electron chi connectivity index (χ2n) is 10.7. The summed E-state index contributed by atoms with van der Waals surface area (Å²) in [7, 11) is 0. The van der Waals surface area contributed by atoms with Gasteiger partial charge >= 0.3 is 5.97 Å². The van der Waals surface area contributed by atoms with Crippen LogP contribution in [0.4, 0.5) is 5.82 Å². The summed E-state index contributed by atoms with van der Waals surface area (Å²) in [5, 5.41) is 16.3. The van der Waals surface area contributed by atoms with Gasteiger partial charge in [-0.1, -0.05) is 36.4 Å². The van der Waals surface area contributed by atoms with Crippen LogP contribution in [0.2, 0.25) is 0 Å². The number of nitrogens with one attached hydrogen (secondary N) is 2. The molecule has 1 aromatic heterocycles. The van der Waals surface area contributed by atoms with Crippen molar-refractivity contribution in [2.75, 3.05) is 38.0 Å². The molecular weight excluding hydrogens is 504 g/mol. The number of hydrogen-bond donors (Lipinski definition) is 3. The Morgan fingerprint density at radius 1 is 1.07 bits per heavy atom. The number of anilines is 1. The highest BCUT2D eigenvalue weighted by molar-refractivity contribution is 5.81. The topological polar surface area (TPSA) is 104 Å². The summed E-state index contributed by atoms with van der Waals surface area (Å²) in [6.45, 7) is 3.63. The minimum atomic E-state index is -0.978. The zero-order valence-electron chi connectivity index (χ0n) is 22.9. The SMILES string of the molecule is O=C(NC[C@H](C(=O)O)c1cccc(Oc2ccccc2)c1)[C@@H]1CCCN(CCCc2ccc3c(n2)NCCC3)C1. The monoisotopic (exact) mass is 542 g/mol. The van der Waals surface area contributed by atoms with Crippen LogP contribution >= 0.6 is 0 Å². The summed E-state index contributed by atoms with van der Waals surface area (Å²) < 4.78 is 5.87. The third kappa shape index (κ3) is 7.39. The number of carboxylic acids is 1. The second-order valence-corrected chi connectivity index (χ2v) is 10.7. The third-order valence-electron chi connectivity index (χ3n) is 7.75. The van der Waals surface area contributed by atoms with E-state index in [4.69, 9.17) is 9.72 Å². The van der Waals surface area contributed by atoms with Crippen molar-refractivity contribution in [3.8, 4) is 11.5 Å². The number of benzene rings is 2. The molecule has 2 aliphatic rings. The van der Waals surface area contributed by atoms with Gasteiger partial charge in [0.1, 0.15) is 17.3 Å². The van der Waals surface area contributed by atoms with Gasteiger partial charge in [-0.2, -0.15) is 0 Å². The molecule has 8 heteroatoms. The van der Waals surface area contributed by atoms with Crippen molar-refractivity contribution in [3.63, 3.8) is 0 Å². The number of carboxylic acid groups (broad SMARTS) is 1. The van der Waals surface area contributed by atoms with Gasteiger partial charge in [0.25, 0.3) is 0 Å². The van der Waals surface area contributed by atoms with Crippen molar-refractivity contribution in [3.05, 3.63) is 83.6 Å². The van der Waals surface area contributed by atoms with Gasteiger partial charge in [-0.25, -0.2) is 4.98 Å². The molecule has 0 radical (unpaired) electrons. The molecule has 2 aliphatic heterocycles. The number of likely N-dealkylation sites (tertiary alicyclic amines) is 1. The number of para-hydroxylation sites is 1. The Bertz CT molecular complexity index is 1300. The van der Waals surface area contributed by atoms with Gasteiger partial charge in [0, 0.05) is 25.3 Å². The van der Waals surface area contributed by atoms with Gasteiger partial charge < -0.3 is 25.4 Å². The fourth-order valence-electron chi connectivity index (χ4n) is 5.58. The summed E-state index contributed by atoms with van der Waals surface area (Å²) in [5.41, 5.74) is 3.01. The summed E-state index contributed by atoms with van der Waals surface area (Å²) in [4.78, 5) is 32.3. The number of nitrogens with zero attached hydrogens (tertiary/aromatic N) is 2. The van der Waals surface area contributed by atoms with E-state index in [0.29, 0.717) is 23.6 Å². The van der Waals surface area contributed by atoms with Crippen molar-refractivity contribution in [1.29, 1.82) is 0 Å². The lowest BCUT2D eigenvalue weighted by Crippen LogP contribution is -2.44. The van der Waals surface area contributed by atoms with Gasteiger partial charge in [0.05, 0.1) is 11.8 Å². The third-order valence-corrected chi connectivity index (χ3v) is 7.75. The molecule has 40 heavy (non-hydrogen) atoms. The lowest BCUT2D eigenvalue weighted by Gasteiger charge is -2.32. The molecule has 1 amide bonds. The van der Waals surface area contributed by atoms with Gasteiger partial charge in [-0.05, 0) is 93.1 Å². The highest BCUT2D eigenvalue weighted by Gasteiger charge is 2.28. The average Bonchev–Trinajstić information content (AvgIpc) is 2.98. The van der Waals surface area contributed by atoms with Crippen molar-refractivity contribution < 1.29 is 19.4 Å². The Morgan fingerprint density at radius 3 is 2.77 bits per heavy atom. The van der Waals surface area contributed by atoms with E-state index in [1.807, 2.05) is 30.3 Å². The number of pyridine rings is 1. The van der Waals surface area contributed by atoms with Gasteiger partial charge in [-0.15, -0.1) is 0 Å². The number of piperidine rings is 1. The van der Waals surface area contributed by atoms with Gasteiger partial charge in [0.2, 0.25) is 5.91 Å². The van der Waals surface area contributed by atoms with Crippen LogP contribution < -0.4 is 15.4 Å². The Morgan fingerprint density at radius 2 is 1.93 bits per heavy atom. The molecule has 2 aromatic carbocycles. The largest absolute Gasteiger partial charge is 0.481 e. The van der Waals surface area contributed by atoms with E-state index in [1.165, 1.54) is 5.56 Å². The van der Waals surface area contributed by atoms with Crippen LogP contribution in [0.5, 0.6) is 11.5 Å². The first-order chi connectivity index (χ1) is 19.5. The fraction of sp³-hybridized carbons (Fsp3) is 0.406. The Hall–Kier alpha value is -3.91. The first kappa shape index (κ1) is 27.6. The minimum absolute atomic E-state index is 0.0392. The molecule has 0 saturated carbocycles. The van der Waals surface area contributed by atoms with Crippen LogP contribution in [0.25, 0.3) is 0 Å². The summed E-state index contributed by atoms with van der Waals surface area (Å²) in [6.07, 6.45) is 5.93. The number of fused-ring (bicyclic) bond motifs is 1. The zero-order valence-corrected chi connectivity index (χ0v) is 22.9. The number of ether oxygens (including phenoxy) is 1. The van der Waals surface area contributed by atoms with E-state index in [9.17, 15) is 14.7 Å². The maximum Gasteiger partial charge on any atom is 0.312 e. The van der Waals surface area contributed by atoms with E-state index < -0.39 is 11.9 Å². The van der Waals surface area contributed by atoms with Gasteiger partial charge in [-0.3, -0.25) is 9.59 Å². The highest BCUT2D eigenvalue weighted by Crippen LogP contribution is 2.26. The molecule has 0 spiro atoms. The van der Waals surface area contributed by atoms with Gasteiger partial charge in [0.15, 0.2) is 0 Å². The van der Waals surface area contributed by atoms with Crippen LogP contribution in [-0.2, 0) is 22.4 Å². The molecule has 1 saturated heterocycles. The molecule has 5 rings (SSSR count). The predicted molar refractivity (Wildman–Crippen MR) is 155 cm³/mol. The first-order valence-corrected chi connectivity index (χ1v) is 14.3. The Labute approximate surface area is 235 Å². The fourth-order valence-corrected chi connectivity index (χ4v) is 5.58. The Kier molecular flexibility index (Phi) is 9.29.